The van der Waals surface area contributed by atoms with Crippen LogP contribution in [-0.4, -0.2) is 16.6 Å². The van der Waals surface area contributed by atoms with Crippen molar-refractivity contribution in [3.05, 3.63) is 35.7 Å². The number of aryl methyl sites for hydroxylation is 1. The highest BCUT2D eigenvalue weighted by Gasteiger charge is 2.10. The molecule has 0 fully saturated rings. The van der Waals surface area contributed by atoms with Crippen molar-refractivity contribution >= 4 is 28.1 Å². The fourth-order valence-electron chi connectivity index (χ4n) is 1.98. The number of aromatic nitrogens is 2. The monoisotopic (exact) mass is 243 g/mol. The van der Waals surface area contributed by atoms with Crippen molar-refractivity contribution in [1.29, 1.82) is 0 Å². The number of imidazole rings is 1. The van der Waals surface area contributed by atoms with E-state index < -0.39 is 0 Å². The smallest absolute Gasteiger partial charge is 0.150 e. The molecule has 3 nitrogen and oxygen atoms in total. The Kier molecular flexibility index (Phi) is 2.37. The van der Waals surface area contributed by atoms with Gasteiger partial charge in [-0.3, -0.25) is 0 Å². The van der Waals surface area contributed by atoms with Gasteiger partial charge in [0.1, 0.15) is 0 Å². The molecule has 3 aromatic rings. The average Bonchev–Trinajstić information content (AvgIpc) is 2.97. The zero-order valence-electron chi connectivity index (χ0n) is 9.77. The molecule has 0 spiro atoms. The van der Waals surface area contributed by atoms with Gasteiger partial charge >= 0.3 is 0 Å². The lowest BCUT2D eigenvalue weighted by molar-refractivity contribution is 0.963. The molecule has 0 atom stereocenters. The molecule has 0 aliphatic carbocycles. The summed E-state index contributed by atoms with van der Waals surface area (Å²) in [5.41, 5.74) is 3.28. The number of fused-ring (bicyclic) bond motifs is 1. The molecule has 3 rings (SSSR count). The first-order valence-corrected chi connectivity index (χ1v) is 6.35. The van der Waals surface area contributed by atoms with Gasteiger partial charge in [-0.1, -0.05) is 6.07 Å². The van der Waals surface area contributed by atoms with E-state index in [-0.39, 0.29) is 0 Å². The maximum atomic E-state index is 4.70. The van der Waals surface area contributed by atoms with Crippen LogP contribution in [0.1, 0.15) is 0 Å². The molecule has 0 bridgehead atoms. The Bertz CT molecular complexity index is 653. The zero-order valence-corrected chi connectivity index (χ0v) is 10.6. The second-order valence-electron chi connectivity index (χ2n) is 3.93. The molecular weight excluding hydrogens is 230 g/mol. The average molecular weight is 243 g/mol. The third kappa shape index (κ3) is 1.61. The number of hydrogen-bond donors (Lipinski definition) is 1. The van der Waals surface area contributed by atoms with Gasteiger partial charge in [-0.15, -0.1) is 11.3 Å². The van der Waals surface area contributed by atoms with Gasteiger partial charge in [-0.05, 0) is 29.6 Å². The summed E-state index contributed by atoms with van der Waals surface area (Å²) in [5.74, 6) is 1.03. The van der Waals surface area contributed by atoms with Crippen LogP contribution in [0.15, 0.2) is 35.7 Å². The third-order valence-corrected chi connectivity index (χ3v) is 3.78. The predicted molar refractivity (Wildman–Crippen MR) is 73.6 cm³/mol. The number of benzene rings is 1. The summed E-state index contributed by atoms with van der Waals surface area (Å²) >= 11 is 1.72. The van der Waals surface area contributed by atoms with Crippen LogP contribution in [-0.2, 0) is 7.05 Å². The normalized spacial score (nSPS) is 10.9. The van der Waals surface area contributed by atoms with E-state index in [0.717, 1.165) is 22.5 Å². The summed E-state index contributed by atoms with van der Waals surface area (Å²) in [5, 5.41) is 5.21. The van der Waals surface area contributed by atoms with Crippen LogP contribution >= 0.6 is 11.3 Å². The molecule has 1 N–H and O–H groups in total. The fourth-order valence-corrected chi connectivity index (χ4v) is 2.73. The number of rotatable bonds is 2. The molecule has 0 saturated carbocycles. The van der Waals surface area contributed by atoms with E-state index in [2.05, 4.69) is 52.6 Å². The highest BCUT2D eigenvalue weighted by Crippen LogP contribution is 2.28. The Balaban J connectivity index is 2.24. The molecular formula is C13H13N3S. The number of nitrogens with zero attached hydrogens (tertiary/aromatic N) is 2. The summed E-state index contributed by atoms with van der Waals surface area (Å²) in [4.78, 5) is 5.90. The van der Waals surface area contributed by atoms with E-state index in [9.17, 15) is 0 Å². The van der Waals surface area contributed by atoms with Gasteiger partial charge in [0.15, 0.2) is 5.82 Å². The number of nitrogens with one attached hydrogen (secondary N) is 1. The van der Waals surface area contributed by atoms with Crippen molar-refractivity contribution in [2.75, 3.05) is 12.4 Å². The molecule has 0 radical (unpaired) electrons. The molecule has 17 heavy (non-hydrogen) atoms. The van der Waals surface area contributed by atoms with Gasteiger partial charge in [-0.2, -0.15) is 0 Å². The standard InChI is InChI=1S/C13H13N3S/c1-14-9-5-6-11-10(8-9)15-13(16(11)2)12-4-3-7-17-12/h3-8,14H,1-2H3. The number of hydrogen-bond acceptors (Lipinski definition) is 3. The van der Waals surface area contributed by atoms with Crippen molar-refractivity contribution in [3.8, 4) is 10.7 Å². The predicted octanol–water partition coefficient (Wildman–Crippen LogP) is 3.34. The first-order valence-electron chi connectivity index (χ1n) is 5.47. The van der Waals surface area contributed by atoms with Crippen LogP contribution in [0.4, 0.5) is 5.69 Å². The molecule has 2 aromatic heterocycles. The minimum absolute atomic E-state index is 1.03. The van der Waals surface area contributed by atoms with Crippen molar-refractivity contribution < 1.29 is 0 Å². The van der Waals surface area contributed by atoms with Crippen LogP contribution in [0.25, 0.3) is 21.7 Å². The van der Waals surface area contributed by atoms with Gasteiger partial charge in [-0.25, -0.2) is 4.98 Å². The molecule has 86 valence electrons. The summed E-state index contributed by atoms with van der Waals surface area (Å²) < 4.78 is 2.14. The van der Waals surface area contributed by atoms with Crippen LogP contribution < -0.4 is 5.32 Å². The summed E-state index contributed by atoms with van der Waals surface area (Å²) in [6.07, 6.45) is 0. The van der Waals surface area contributed by atoms with Gasteiger partial charge in [0.05, 0.1) is 15.9 Å². The van der Waals surface area contributed by atoms with Crippen LogP contribution in [0.3, 0.4) is 0 Å². The summed E-state index contributed by atoms with van der Waals surface area (Å²) in [6, 6.07) is 10.4. The lowest BCUT2D eigenvalue weighted by Crippen LogP contribution is -1.90. The number of thiophene rings is 1. The zero-order chi connectivity index (χ0) is 11.8. The maximum absolute atomic E-state index is 4.70. The summed E-state index contributed by atoms with van der Waals surface area (Å²) in [7, 11) is 3.98. The van der Waals surface area contributed by atoms with E-state index in [0.29, 0.717) is 0 Å². The van der Waals surface area contributed by atoms with Gasteiger partial charge in [0, 0.05) is 19.8 Å². The molecule has 0 amide bonds. The molecule has 0 unspecified atom stereocenters. The van der Waals surface area contributed by atoms with E-state index in [4.69, 9.17) is 4.98 Å². The van der Waals surface area contributed by atoms with Gasteiger partial charge in [0.25, 0.3) is 0 Å². The molecule has 0 aliphatic heterocycles. The SMILES string of the molecule is CNc1ccc2c(c1)nc(-c1cccs1)n2C. The van der Waals surface area contributed by atoms with Gasteiger partial charge in [0.2, 0.25) is 0 Å². The van der Waals surface area contributed by atoms with Crippen LogP contribution in [0, 0.1) is 0 Å². The third-order valence-electron chi connectivity index (χ3n) is 2.91. The minimum atomic E-state index is 1.03. The largest absolute Gasteiger partial charge is 0.388 e. The van der Waals surface area contributed by atoms with E-state index >= 15 is 0 Å². The molecule has 0 aliphatic rings. The lowest BCUT2D eigenvalue weighted by Gasteiger charge is -2.00. The lowest BCUT2D eigenvalue weighted by atomic mass is 10.3. The Labute approximate surface area is 104 Å². The Morgan fingerprint density at radius 1 is 1.29 bits per heavy atom. The van der Waals surface area contributed by atoms with Gasteiger partial charge < -0.3 is 9.88 Å². The van der Waals surface area contributed by atoms with Crippen molar-refractivity contribution in [2.24, 2.45) is 7.05 Å². The first kappa shape index (κ1) is 10.4. The Morgan fingerprint density at radius 2 is 2.18 bits per heavy atom. The summed E-state index contributed by atoms with van der Waals surface area (Å²) in [6.45, 7) is 0. The second-order valence-corrected chi connectivity index (χ2v) is 4.87. The maximum Gasteiger partial charge on any atom is 0.150 e. The molecule has 1 aromatic carbocycles. The Morgan fingerprint density at radius 3 is 2.88 bits per heavy atom. The molecule has 2 heterocycles. The molecule has 4 heteroatoms. The van der Waals surface area contributed by atoms with Crippen LogP contribution in [0.5, 0.6) is 0 Å². The highest BCUT2D eigenvalue weighted by molar-refractivity contribution is 7.13. The quantitative estimate of drug-likeness (QED) is 0.748. The van der Waals surface area contributed by atoms with E-state index in [1.165, 1.54) is 4.88 Å². The first-order chi connectivity index (χ1) is 8.29. The number of anilines is 1. The molecule has 0 saturated heterocycles. The highest BCUT2D eigenvalue weighted by atomic mass is 32.1. The Hall–Kier alpha value is -1.81. The minimum Gasteiger partial charge on any atom is -0.388 e. The van der Waals surface area contributed by atoms with Crippen molar-refractivity contribution in [2.45, 2.75) is 0 Å². The van der Waals surface area contributed by atoms with E-state index in [1.807, 2.05) is 7.05 Å². The second kappa shape index (κ2) is 3.89. The topological polar surface area (TPSA) is 29.9 Å². The van der Waals surface area contributed by atoms with Crippen molar-refractivity contribution in [3.63, 3.8) is 0 Å². The van der Waals surface area contributed by atoms with E-state index in [1.54, 1.807) is 11.3 Å². The van der Waals surface area contributed by atoms with Crippen molar-refractivity contribution in [1.82, 2.24) is 9.55 Å². The fraction of sp³-hybridized carbons (Fsp3) is 0.154. The van der Waals surface area contributed by atoms with Crippen LogP contribution in [0.2, 0.25) is 0 Å².